The molecule has 0 aliphatic heterocycles. The second kappa shape index (κ2) is 3.12. The fourth-order valence-electron chi connectivity index (χ4n) is 0.111. The van der Waals surface area contributed by atoms with Crippen molar-refractivity contribution in [2.45, 2.75) is 0 Å². The molecule has 0 aliphatic carbocycles. The second-order valence-corrected chi connectivity index (χ2v) is 1.27. The van der Waals surface area contributed by atoms with Crippen molar-refractivity contribution in [3.63, 3.8) is 0 Å². The molecule has 0 nitrogen and oxygen atoms in total. The molecular formula is C2H2B5. The molecule has 0 aromatic carbocycles. The van der Waals surface area contributed by atoms with Crippen LogP contribution in [0.3, 0.4) is 0 Å². The molecule has 0 saturated heterocycles. The van der Waals surface area contributed by atoms with Crippen molar-refractivity contribution < 1.29 is 0 Å². The Morgan fingerprint density at radius 3 is 2.00 bits per heavy atom. The van der Waals surface area contributed by atoms with E-state index in [-0.39, 0.29) is 0 Å². The Bertz CT molecular complexity index is 66.5. The normalized spacial score (nSPS) is 7.43. The molecule has 0 heterocycles. The lowest BCUT2D eigenvalue weighted by Crippen LogP contribution is -2.21. The van der Waals surface area contributed by atoms with Crippen LogP contribution in [0.2, 0.25) is 0 Å². The largest absolute Gasteiger partial charge is 0.171 e. The van der Waals surface area contributed by atoms with Gasteiger partial charge in [-0.2, -0.15) is 5.37 Å². The first-order valence-corrected chi connectivity index (χ1v) is 1.93. The molecule has 0 rings (SSSR count). The molecule has 0 bridgehead atoms. The average molecular weight is 80.1 g/mol. The molecule has 0 aromatic heterocycles. The van der Waals surface area contributed by atoms with Gasteiger partial charge in [0.1, 0.15) is 0 Å². The summed E-state index contributed by atoms with van der Waals surface area (Å²) >= 11 is 0. The Kier molecular flexibility index (Phi) is 3.15. The number of hydrogen-bond donors (Lipinski definition) is 0. The predicted octanol–water partition coefficient (Wildman–Crippen LogP) is -1.35. The van der Waals surface area contributed by atoms with E-state index >= 15 is 0 Å². The summed E-state index contributed by atoms with van der Waals surface area (Å²) in [5.41, 5.74) is 0. The van der Waals surface area contributed by atoms with Crippen molar-refractivity contribution in [1.29, 1.82) is 0 Å². The molecule has 7 heavy (non-hydrogen) atoms. The van der Waals surface area contributed by atoms with Crippen LogP contribution < -0.4 is 0 Å². The highest BCUT2D eigenvalue weighted by Gasteiger charge is 1.96. The lowest BCUT2D eigenvalue weighted by atomic mass is 9.10. The van der Waals surface area contributed by atoms with Crippen LogP contribution in [0.25, 0.3) is 0 Å². The minimum Gasteiger partial charge on any atom is -0.171 e. The fourth-order valence-corrected chi connectivity index (χ4v) is 0.111. The van der Waals surface area contributed by atoms with E-state index in [1.807, 2.05) is 0 Å². The lowest BCUT2D eigenvalue weighted by Gasteiger charge is -2.00. The zero-order valence-electron chi connectivity index (χ0n) is 4.09. The van der Waals surface area contributed by atoms with Gasteiger partial charge in [-0.25, -0.2) is 0 Å². The monoisotopic (exact) mass is 81.1 g/mol. The molecule has 5 heteroatoms. The van der Waals surface area contributed by atoms with E-state index in [2.05, 4.69) is 6.58 Å². The summed E-state index contributed by atoms with van der Waals surface area (Å²) in [6, 6.07) is 0. The summed E-state index contributed by atoms with van der Waals surface area (Å²) < 4.78 is 0. The Balaban J connectivity index is 3.35. The van der Waals surface area contributed by atoms with Crippen LogP contribution in [-0.4, -0.2) is 36.9 Å². The minimum atomic E-state index is -0.509. The van der Waals surface area contributed by atoms with E-state index in [1.54, 1.807) is 0 Å². The van der Waals surface area contributed by atoms with Gasteiger partial charge in [-0.15, -0.1) is 6.58 Å². The first-order valence-electron chi connectivity index (χ1n) is 1.93. The van der Waals surface area contributed by atoms with Crippen LogP contribution in [0.5, 0.6) is 0 Å². The van der Waals surface area contributed by atoms with Gasteiger partial charge >= 0.3 is 0 Å². The highest BCUT2D eigenvalue weighted by Crippen LogP contribution is 1.82. The van der Waals surface area contributed by atoms with Crippen molar-refractivity contribution in [2.24, 2.45) is 0 Å². The smallest absolute Gasteiger partial charge is 0.0754 e. The van der Waals surface area contributed by atoms with Crippen LogP contribution in [-0.2, 0) is 0 Å². The molecule has 0 unspecified atom stereocenters. The van der Waals surface area contributed by atoms with Crippen LogP contribution >= 0.6 is 0 Å². The quantitative estimate of drug-likeness (QED) is 0.360. The fraction of sp³-hybridized carbons (Fsp3) is 0. The number of hydrogen-bond acceptors (Lipinski definition) is 0. The van der Waals surface area contributed by atoms with Crippen LogP contribution in [0, 0.1) is 0 Å². The van der Waals surface area contributed by atoms with Gasteiger partial charge in [0.15, 0.2) is 0 Å². The standard InChI is InChI=1S/C2H2B5/c1-2(6-3)7(4)5/h1H2. The molecule has 0 atom stereocenters. The van der Waals surface area contributed by atoms with Gasteiger partial charge in [0.25, 0.3) is 0 Å². The topological polar surface area (TPSA) is 0 Å². The molecule has 7 radical (unpaired) electrons. The number of rotatable bonds is 2. The zero-order valence-corrected chi connectivity index (χ0v) is 4.09. The molecule has 0 fully saturated rings. The highest BCUT2D eigenvalue weighted by molar-refractivity contribution is 7.37. The van der Waals surface area contributed by atoms with E-state index < -0.39 is 6.49 Å². The van der Waals surface area contributed by atoms with Crippen molar-refractivity contribution in [3.05, 3.63) is 12.0 Å². The van der Waals surface area contributed by atoms with E-state index in [4.69, 9.17) is 23.2 Å². The zero-order chi connectivity index (χ0) is 5.86. The van der Waals surface area contributed by atoms with Gasteiger partial charge in [-0.1, -0.05) is 0 Å². The molecule has 0 aliphatic rings. The van der Waals surface area contributed by atoms with Gasteiger partial charge in [-0.05, 0) is 0 Å². The van der Waals surface area contributed by atoms with Gasteiger partial charge in [0.05, 0.1) is 13.7 Å². The molecule has 0 saturated carbocycles. The third-order valence-electron chi connectivity index (χ3n) is 0.642. The lowest BCUT2D eigenvalue weighted by molar-refractivity contribution is 2.39. The maximum Gasteiger partial charge on any atom is 0.0754 e. The van der Waals surface area contributed by atoms with E-state index in [1.165, 1.54) is 7.17 Å². The van der Waals surface area contributed by atoms with Crippen LogP contribution in [0.15, 0.2) is 12.0 Å². The van der Waals surface area contributed by atoms with Crippen LogP contribution in [0.4, 0.5) is 0 Å². The predicted molar refractivity (Wildman–Crippen MR) is 37.9 cm³/mol. The Morgan fingerprint density at radius 1 is 1.57 bits per heavy atom. The maximum absolute atomic E-state index is 5.11. The Hall–Kier alpha value is 0.0647. The maximum atomic E-state index is 5.11. The van der Waals surface area contributed by atoms with Crippen molar-refractivity contribution >= 4 is 36.9 Å². The summed E-state index contributed by atoms with van der Waals surface area (Å²) in [6.45, 7) is 2.93. The molecule has 25 valence electrons. The molecule has 0 aromatic rings. The Morgan fingerprint density at radius 2 is 2.00 bits per heavy atom. The van der Waals surface area contributed by atoms with E-state index in [0.29, 0.717) is 5.37 Å². The van der Waals surface area contributed by atoms with Gasteiger partial charge in [0.2, 0.25) is 0 Å². The van der Waals surface area contributed by atoms with Gasteiger partial charge in [-0.3, -0.25) is 0 Å². The second-order valence-electron chi connectivity index (χ2n) is 1.27. The van der Waals surface area contributed by atoms with E-state index in [9.17, 15) is 0 Å². The van der Waals surface area contributed by atoms with E-state index in [0.717, 1.165) is 0 Å². The summed E-state index contributed by atoms with van der Waals surface area (Å²) in [6.07, 6.45) is 0. The SMILES string of the molecule is [B][B]C(=C)B([B])[B]. The first kappa shape index (κ1) is 7.06. The van der Waals surface area contributed by atoms with Crippen molar-refractivity contribution in [1.82, 2.24) is 0 Å². The summed E-state index contributed by atoms with van der Waals surface area (Å²) in [5.74, 6) is 0. The molecule has 0 N–H and O–H groups in total. The molecule has 0 spiro atoms. The summed E-state index contributed by atoms with van der Waals surface area (Å²) in [4.78, 5) is 0. The minimum absolute atomic E-state index is 0.509. The summed E-state index contributed by atoms with van der Waals surface area (Å²) in [7, 11) is 16.5. The van der Waals surface area contributed by atoms with Crippen LogP contribution in [0.1, 0.15) is 0 Å². The molecule has 0 amide bonds. The first-order chi connectivity index (χ1) is 3.18. The Labute approximate surface area is 49.6 Å². The average Bonchev–Trinajstić information content (AvgIpc) is 1.65. The van der Waals surface area contributed by atoms with Crippen molar-refractivity contribution in [2.75, 3.05) is 0 Å². The third kappa shape index (κ3) is 2.72. The van der Waals surface area contributed by atoms with Crippen molar-refractivity contribution in [3.8, 4) is 0 Å². The van der Waals surface area contributed by atoms with Gasteiger partial charge in [0, 0.05) is 23.2 Å². The summed E-state index contributed by atoms with van der Waals surface area (Å²) in [5, 5.41) is 0.556. The van der Waals surface area contributed by atoms with Gasteiger partial charge < -0.3 is 0 Å². The third-order valence-corrected chi connectivity index (χ3v) is 0.642. The molecular weight excluding hydrogens is 78.1 g/mol. The highest BCUT2D eigenvalue weighted by atomic mass is 13.4.